The third kappa shape index (κ3) is 5.99. The van der Waals surface area contributed by atoms with Crippen LogP contribution in [-0.2, 0) is 4.74 Å². The van der Waals surface area contributed by atoms with E-state index >= 15 is 0 Å². The second kappa shape index (κ2) is 7.63. The van der Waals surface area contributed by atoms with E-state index in [0.717, 1.165) is 5.56 Å². The van der Waals surface area contributed by atoms with Crippen LogP contribution in [0.15, 0.2) is 60.7 Å². The molecule has 3 heteroatoms. The number of nitrogens with one attached hydrogen (secondary N) is 1. The summed E-state index contributed by atoms with van der Waals surface area (Å²) in [4.78, 5) is 11.5. The van der Waals surface area contributed by atoms with Crippen LogP contribution in [0.4, 0.5) is 4.79 Å². The Morgan fingerprint density at radius 3 is 2.43 bits per heavy atom. The van der Waals surface area contributed by atoms with Gasteiger partial charge in [-0.15, -0.1) is 0 Å². The maximum atomic E-state index is 11.5. The van der Waals surface area contributed by atoms with Crippen molar-refractivity contribution in [2.24, 2.45) is 0 Å². The number of rotatable bonds is 4. The minimum Gasteiger partial charge on any atom is -0.444 e. The van der Waals surface area contributed by atoms with E-state index < -0.39 is 11.7 Å². The molecule has 1 N–H and O–H groups in total. The summed E-state index contributed by atoms with van der Waals surface area (Å²) in [5.74, 6) is 0. The highest BCUT2D eigenvalue weighted by atomic mass is 16.6. The van der Waals surface area contributed by atoms with Gasteiger partial charge in [-0.3, -0.25) is 0 Å². The lowest BCUT2D eigenvalue weighted by molar-refractivity contribution is 0.0534. The summed E-state index contributed by atoms with van der Waals surface area (Å²) in [5, 5.41) is 2.71. The molecule has 3 nitrogen and oxygen atoms in total. The zero-order valence-electron chi connectivity index (χ0n) is 13.9. The van der Waals surface area contributed by atoms with Crippen LogP contribution in [0.1, 0.15) is 26.3 Å². The molecule has 0 unspecified atom stereocenters. The number of carbonyl (C=O) groups is 1. The van der Waals surface area contributed by atoms with Gasteiger partial charge in [0.1, 0.15) is 5.60 Å². The van der Waals surface area contributed by atoms with Crippen molar-refractivity contribution in [1.82, 2.24) is 5.32 Å². The first-order valence-corrected chi connectivity index (χ1v) is 7.73. The highest BCUT2D eigenvalue weighted by Gasteiger charge is 2.14. The van der Waals surface area contributed by atoms with Gasteiger partial charge in [0.25, 0.3) is 0 Å². The first kappa shape index (κ1) is 16.8. The Bertz CT molecular complexity index is 670. The molecule has 2 aromatic rings. The second-order valence-corrected chi connectivity index (χ2v) is 6.28. The third-order valence-corrected chi connectivity index (χ3v) is 3.07. The number of hydrogen-bond acceptors (Lipinski definition) is 2. The lowest BCUT2D eigenvalue weighted by atomic mass is 10.0. The summed E-state index contributed by atoms with van der Waals surface area (Å²) in [6.45, 7) is 5.97. The molecule has 0 aliphatic heterocycles. The highest BCUT2D eigenvalue weighted by Crippen LogP contribution is 2.20. The molecule has 0 bridgehead atoms. The number of hydrogen-bond donors (Lipinski definition) is 1. The molecule has 0 saturated carbocycles. The number of benzene rings is 2. The molecule has 2 rings (SSSR count). The molecule has 23 heavy (non-hydrogen) atoms. The second-order valence-electron chi connectivity index (χ2n) is 6.28. The SMILES string of the molecule is CC(C)(C)OC(=O)NCC=Cc1cccc(-c2ccccc2)c1. The molecule has 0 fully saturated rings. The standard InChI is InChI=1S/C20H23NO2/c1-20(2,3)23-19(22)21-14-8-10-16-9-7-13-18(15-16)17-11-5-4-6-12-17/h4-13,15H,14H2,1-3H3,(H,21,22). The topological polar surface area (TPSA) is 38.3 Å². The smallest absolute Gasteiger partial charge is 0.407 e. The summed E-state index contributed by atoms with van der Waals surface area (Å²) in [7, 11) is 0. The van der Waals surface area contributed by atoms with Crippen molar-refractivity contribution in [3.05, 3.63) is 66.2 Å². The predicted octanol–water partition coefficient (Wildman–Crippen LogP) is 4.89. The average molecular weight is 309 g/mol. The number of carbonyl (C=O) groups excluding carboxylic acids is 1. The van der Waals surface area contributed by atoms with E-state index in [2.05, 4.69) is 29.6 Å². The molecule has 0 heterocycles. The highest BCUT2D eigenvalue weighted by molar-refractivity contribution is 5.69. The molecule has 0 spiro atoms. The summed E-state index contributed by atoms with van der Waals surface area (Å²) >= 11 is 0. The fourth-order valence-electron chi connectivity index (χ4n) is 2.10. The van der Waals surface area contributed by atoms with Crippen LogP contribution in [0, 0.1) is 0 Å². The average Bonchev–Trinajstić information content (AvgIpc) is 2.51. The largest absolute Gasteiger partial charge is 0.444 e. The lowest BCUT2D eigenvalue weighted by Gasteiger charge is -2.19. The minimum absolute atomic E-state index is 0.403. The molecule has 1 amide bonds. The van der Waals surface area contributed by atoms with Crippen LogP contribution in [0.2, 0.25) is 0 Å². The zero-order chi connectivity index (χ0) is 16.7. The van der Waals surface area contributed by atoms with Crippen molar-refractivity contribution in [2.75, 3.05) is 6.54 Å². The van der Waals surface area contributed by atoms with Crippen molar-refractivity contribution >= 4 is 12.2 Å². The lowest BCUT2D eigenvalue weighted by Crippen LogP contribution is -2.32. The van der Waals surface area contributed by atoms with Crippen LogP contribution < -0.4 is 5.32 Å². The molecule has 0 saturated heterocycles. The van der Waals surface area contributed by atoms with E-state index in [9.17, 15) is 4.79 Å². The van der Waals surface area contributed by atoms with Gasteiger partial charge >= 0.3 is 6.09 Å². The predicted molar refractivity (Wildman–Crippen MR) is 95.1 cm³/mol. The van der Waals surface area contributed by atoms with Crippen molar-refractivity contribution in [1.29, 1.82) is 0 Å². The van der Waals surface area contributed by atoms with Crippen molar-refractivity contribution in [3.63, 3.8) is 0 Å². The van der Waals surface area contributed by atoms with Gasteiger partial charge in [0.05, 0.1) is 0 Å². The van der Waals surface area contributed by atoms with Crippen molar-refractivity contribution < 1.29 is 9.53 Å². The quantitative estimate of drug-likeness (QED) is 0.873. The molecule has 2 aromatic carbocycles. The Kier molecular flexibility index (Phi) is 5.58. The van der Waals surface area contributed by atoms with Crippen LogP contribution in [0.3, 0.4) is 0 Å². The maximum absolute atomic E-state index is 11.5. The summed E-state index contributed by atoms with van der Waals surface area (Å²) < 4.78 is 5.18. The Hall–Kier alpha value is -2.55. The molecule has 0 aromatic heterocycles. The Balaban J connectivity index is 1.92. The molecule has 0 atom stereocenters. The zero-order valence-corrected chi connectivity index (χ0v) is 13.9. The van der Waals surface area contributed by atoms with Gasteiger partial charge < -0.3 is 10.1 Å². The fraction of sp³-hybridized carbons (Fsp3) is 0.250. The van der Waals surface area contributed by atoms with Gasteiger partial charge in [0.15, 0.2) is 0 Å². The molecular weight excluding hydrogens is 286 g/mol. The van der Waals surface area contributed by atoms with Crippen LogP contribution in [0.5, 0.6) is 0 Å². The normalized spacial score (nSPS) is 11.4. The summed E-state index contributed by atoms with van der Waals surface area (Å²) in [6, 6.07) is 18.5. The molecule has 120 valence electrons. The molecule has 0 aliphatic rings. The Labute approximate surface area is 138 Å². The van der Waals surface area contributed by atoms with Crippen LogP contribution >= 0.6 is 0 Å². The van der Waals surface area contributed by atoms with Gasteiger partial charge in [0.2, 0.25) is 0 Å². The first-order valence-electron chi connectivity index (χ1n) is 7.73. The third-order valence-electron chi connectivity index (χ3n) is 3.07. The number of alkyl carbamates (subject to hydrolysis) is 1. The van der Waals surface area contributed by atoms with Crippen LogP contribution in [-0.4, -0.2) is 18.2 Å². The number of amides is 1. The maximum Gasteiger partial charge on any atom is 0.407 e. The minimum atomic E-state index is -0.474. The van der Waals surface area contributed by atoms with Crippen molar-refractivity contribution in [3.8, 4) is 11.1 Å². The molecular formula is C20H23NO2. The molecule has 0 aliphatic carbocycles. The van der Waals surface area contributed by atoms with E-state index in [4.69, 9.17) is 4.74 Å². The fourth-order valence-corrected chi connectivity index (χ4v) is 2.10. The monoisotopic (exact) mass is 309 g/mol. The van der Waals surface area contributed by atoms with Crippen molar-refractivity contribution in [2.45, 2.75) is 26.4 Å². The summed E-state index contributed by atoms with van der Waals surface area (Å²) in [5.41, 5.74) is 2.98. The van der Waals surface area contributed by atoms with E-state index in [0.29, 0.717) is 6.54 Å². The summed E-state index contributed by atoms with van der Waals surface area (Å²) in [6.07, 6.45) is 3.50. The van der Waals surface area contributed by atoms with E-state index in [-0.39, 0.29) is 0 Å². The van der Waals surface area contributed by atoms with Gasteiger partial charge in [-0.05, 0) is 43.5 Å². The van der Waals surface area contributed by atoms with E-state index in [1.165, 1.54) is 11.1 Å². The van der Waals surface area contributed by atoms with Crippen LogP contribution in [0.25, 0.3) is 17.2 Å². The van der Waals surface area contributed by atoms with Gasteiger partial charge in [-0.25, -0.2) is 4.79 Å². The van der Waals surface area contributed by atoms with Gasteiger partial charge in [0, 0.05) is 6.54 Å². The Morgan fingerprint density at radius 2 is 1.74 bits per heavy atom. The van der Waals surface area contributed by atoms with E-state index in [1.54, 1.807) is 0 Å². The Morgan fingerprint density at radius 1 is 1.04 bits per heavy atom. The molecule has 0 radical (unpaired) electrons. The van der Waals surface area contributed by atoms with Gasteiger partial charge in [-0.1, -0.05) is 60.7 Å². The number of ether oxygens (including phenoxy) is 1. The van der Waals surface area contributed by atoms with Gasteiger partial charge in [-0.2, -0.15) is 0 Å². The van der Waals surface area contributed by atoms with E-state index in [1.807, 2.05) is 63.3 Å². The first-order chi connectivity index (χ1) is 10.9.